The van der Waals surface area contributed by atoms with E-state index < -0.39 is 0 Å². The van der Waals surface area contributed by atoms with Crippen molar-refractivity contribution in [1.29, 1.82) is 0 Å². The summed E-state index contributed by atoms with van der Waals surface area (Å²) >= 11 is 3.23. The number of non-ortho nitro benzene ring substituents is 1. The van der Waals surface area contributed by atoms with Gasteiger partial charge in [0.1, 0.15) is 5.01 Å². The van der Waals surface area contributed by atoms with E-state index in [2.05, 4.69) is 6.07 Å². The van der Waals surface area contributed by atoms with Crippen molar-refractivity contribution >= 4 is 50.0 Å². The van der Waals surface area contributed by atoms with Crippen molar-refractivity contribution < 1.29 is 4.92 Å². The Balaban J connectivity index is 1.80. The summed E-state index contributed by atoms with van der Waals surface area (Å²) in [5.74, 6) is 0. The SMILES string of the molecule is O=[N+]([O-])c1cccc(C=C(Sc2ccccc2)c2nc3ccccc3s2)c1. The normalized spacial score (nSPS) is 11.6. The molecule has 27 heavy (non-hydrogen) atoms. The third kappa shape index (κ3) is 4.07. The zero-order valence-corrected chi connectivity index (χ0v) is 15.7. The van der Waals surface area contributed by atoms with Gasteiger partial charge < -0.3 is 0 Å². The lowest BCUT2D eigenvalue weighted by Gasteiger charge is -2.05. The monoisotopic (exact) mass is 390 g/mol. The van der Waals surface area contributed by atoms with Crippen LogP contribution in [-0.4, -0.2) is 9.91 Å². The van der Waals surface area contributed by atoms with Gasteiger partial charge in [0, 0.05) is 21.9 Å². The Labute approximate surface area is 164 Å². The van der Waals surface area contributed by atoms with E-state index in [1.807, 2.05) is 60.7 Å². The van der Waals surface area contributed by atoms with Crippen LogP contribution in [0.2, 0.25) is 0 Å². The number of aromatic nitrogens is 1. The standard InChI is InChI=1S/C21H14N2O2S2/c24-23(25)16-8-6-7-15(13-16)14-20(26-17-9-2-1-3-10-17)21-22-18-11-4-5-12-19(18)27-21/h1-14H. The number of thiazole rings is 1. The van der Waals surface area contributed by atoms with Crippen LogP contribution in [0.5, 0.6) is 0 Å². The summed E-state index contributed by atoms with van der Waals surface area (Å²) in [7, 11) is 0. The van der Waals surface area contributed by atoms with Gasteiger partial charge in [0.2, 0.25) is 0 Å². The van der Waals surface area contributed by atoms with Crippen molar-refractivity contribution in [1.82, 2.24) is 4.98 Å². The lowest BCUT2D eigenvalue weighted by molar-refractivity contribution is -0.384. The Bertz CT molecular complexity index is 1100. The van der Waals surface area contributed by atoms with E-state index in [1.54, 1.807) is 35.2 Å². The van der Waals surface area contributed by atoms with Gasteiger partial charge in [-0.2, -0.15) is 0 Å². The third-order valence-corrected chi connectivity index (χ3v) is 6.09. The van der Waals surface area contributed by atoms with Crippen LogP contribution in [-0.2, 0) is 0 Å². The minimum atomic E-state index is -0.376. The second kappa shape index (κ2) is 7.73. The van der Waals surface area contributed by atoms with Gasteiger partial charge in [-0.25, -0.2) is 4.98 Å². The molecule has 0 aliphatic heterocycles. The maximum Gasteiger partial charge on any atom is 0.270 e. The second-order valence-corrected chi connectivity index (χ2v) is 7.91. The number of nitrogens with zero attached hydrogens (tertiary/aromatic N) is 2. The summed E-state index contributed by atoms with van der Waals surface area (Å²) in [5.41, 5.74) is 1.81. The molecule has 0 spiro atoms. The Kier molecular flexibility index (Phi) is 5.00. The highest BCUT2D eigenvalue weighted by Crippen LogP contribution is 2.39. The van der Waals surface area contributed by atoms with Crippen LogP contribution in [0.1, 0.15) is 10.6 Å². The topological polar surface area (TPSA) is 56.0 Å². The number of nitro groups is 1. The lowest BCUT2D eigenvalue weighted by atomic mass is 10.2. The molecule has 1 heterocycles. The highest BCUT2D eigenvalue weighted by atomic mass is 32.2. The van der Waals surface area contributed by atoms with Crippen molar-refractivity contribution in [2.75, 3.05) is 0 Å². The van der Waals surface area contributed by atoms with Crippen LogP contribution in [0.3, 0.4) is 0 Å². The predicted octanol–water partition coefficient (Wildman–Crippen LogP) is 6.49. The van der Waals surface area contributed by atoms with Crippen molar-refractivity contribution in [3.63, 3.8) is 0 Å². The van der Waals surface area contributed by atoms with E-state index in [0.717, 1.165) is 30.6 Å². The van der Waals surface area contributed by atoms with Crippen molar-refractivity contribution in [2.45, 2.75) is 4.90 Å². The first-order chi connectivity index (χ1) is 13.2. The van der Waals surface area contributed by atoms with Gasteiger partial charge in [-0.3, -0.25) is 10.1 Å². The van der Waals surface area contributed by atoms with E-state index in [0.29, 0.717) is 0 Å². The van der Waals surface area contributed by atoms with E-state index in [4.69, 9.17) is 4.98 Å². The number of hydrogen-bond acceptors (Lipinski definition) is 5. The largest absolute Gasteiger partial charge is 0.270 e. The third-order valence-electron chi connectivity index (χ3n) is 3.85. The molecule has 0 amide bonds. The molecular formula is C21H14N2O2S2. The van der Waals surface area contributed by atoms with Gasteiger partial charge in [-0.05, 0) is 35.9 Å². The van der Waals surface area contributed by atoms with Gasteiger partial charge in [0.05, 0.1) is 15.1 Å². The number of fused-ring (bicyclic) bond motifs is 1. The van der Waals surface area contributed by atoms with Crippen molar-refractivity contribution in [3.05, 3.63) is 99.5 Å². The van der Waals surface area contributed by atoms with Crippen LogP contribution < -0.4 is 0 Å². The lowest BCUT2D eigenvalue weighted by Crippen LogP contribution is -1.88. The number of para-hydroxylation sites is 1. The molecule has 0 aliphatic carbocycles. The van der Waals surface area contributed by atoms with Crippen LogP contribution in [0, 0.1) is 10.1 Å². The molecule has 0 aliphatic rings. The molecule has 132 valence electrons. The van der Waals surface area contributed by atoms with Crippen LogP contribution in [0.15, 0.2) is 83.8 Å². The molecule has 6 heteroatoms. The predicted molar refractivity (Wildman–Crippen MR) is 113 cm³/mol. The molecule has 3 aromatic carbocycles. The summed E-state index contributed by atoms with van der Waals surface area (Å²) in [6.07, 6.45) is 1.96. The Morgan fingerprint density at radius 1 is 1.00 bits per heavy atom. The van der Waals surface area contributed by atoms with Crippen LogP contribution in [0.25, 0.3) is 21.2 Å². The zero-order chi connectivity index (χ0) is 18.6. The van der Waals surface area contributed by atoms with Gasteiger partial charge in [0.25, 0.3) is 5.69 Å². The van der Waals surface area contributed by atoms with Gasteiger partial charge in [-0.1, -0.05) is 54.2 Å². The molecular weight excluding hydrogens is 376 g/mol. The van der Waals surface area contributed by atoms with Gasteiger partial charge >= 0.3 is 0 Å². The van der Waals surface area contributed by atoms with Crippen LogP contribution in [0.4, 0.5) is 5.69 Å². The highest BCUT2D eigenvalue weighted by molar-refractivity contribution is 8.08. The fraction of sp³-hybridized carbons (Fsp3) is 0. The number of rotatable bonds is 5. The first-order valence-electron chi connectivity index (χ1n) is 8.24. The molecule has 0 bridgehead atoms. The van der Waals surface area contributed by atoms with E-state index in [-0.39, 0.29) is 10.6 Å². The molecule has 0 radical (unpaired) electrons. The van der Waals surface area contributed by atoms with E-state index in [1.165, 1.54) is 6.07 Å². The highest BCUT2D eigenvalue weighted by Gasteiger charge is 2.12. The van der Waals surface area contributed by atoms with E-state index in [9.17, 15) is 10.1 Å². The number of hydrogen-bond donors (Lipinski definition) is 0. The molecule has 0 saturated carbocycles. The van der Waals surface area contributed by atoms with Gasteiger partial charge in [0.15, 0.2) is 0 Å². The van der Waals surface area contributed by atoms with Gasteiger partial charge in [-0.15, -0.1) is 11.3 Å². The maximum absolute atomic E-state index is 11.1. The van der Waals surface area contributed by atoms with Crippen molar-refractivity contribution in [3.8, 4) is 0 Å². The molecule has 0 saturated heterocycles. The molecule has 1 aromatic heterocycles. The smallest absolute Gasteiger partial charge is 0.258 e. The van der Waals surface area contributed by atoms with Crippen molar-refractivity contribution in [2.24, 2.45) is 0 Å². The quantitative estimate of drug-likeness (QED) is 0.222. The molecule has 4 aromatic rings. The number of thioether (sulfide) groups is 1. The van der Waals surface area contributed by atoms with Crippen LogP contribution >= 0.6 is 23.1 Å². The molecule has 0 fully saturated rings. The summed E-state index contributed by atoms with van der Waals surface area (Å²) < 4.78 is 1.12. The minimum absolute atomic E-state index is 0.0807. The zero-order valence-electron chi connectivity index (χ0n) is 14.1. The molecule has 4 rings (SSSR count). The maximum atomic E-state index is 11.1. The first-order valence-corrected chi connectivity index (χ1v) is 9.87. The molecule has 0 unspecified atom stereocenters. The number of benzene rings is 3. The summed E-state index contributed by atoms with van der Waals surface area (Å²) in [4.78, 5) is 17.5. The Morgan fingerprint density at radius 3 is 2.56 bits per heavy atom. The fourth-order valence-corrected chi connectivity index (χ4v) is 4.61. The summed E-state index contributed by atoms with van der Waals surface area (Å²) in [6, 6.07) is 24.7. The van der Waals surface area contributed by atoms with E-state index >= 15 is 0 Å². The molecule has 4 nitrogen and oxygen atoms in total. The summed E-state index contributed by atoms with van der Waals surface area (Å²) in [5, 5.41) is 12.0. The fourth-order valence-electron chi connectivity index (χ4n) is 2.61. The average Bonchev–Trinajstić information content (AvgIpc) is 3.13. The first kappa shape index (κ1) is 17.5. The summed E-state index contributed by atoms with van der Waals surface area (Å²) in [6.45, 7) is 0. The Hall–Kier alpha value is -2.96. The number of nitro benzene ring substituents is 1. The minimum Gasteiger partial charge on any atom is -0.258 e. The second-order valence-electron chi connectivity index (χ2n) is 5.76. The Morgan fingerprint density at radius 2 is 1.78 bits per heavy atom. The average molecular weight is 390 g/mol. The molecule has 0 atom stereocenters. The molecule has 0 N–H and O–H groups in total.